The van der Waals surface area contributed by atoms with Gasteiger partial charge in [0.25, 0.3) is 0 Å². The van der Waals surface area contributed by atoms with E-state index in [1.54, 1.807) is 13.3 Å². The molecular formula is C12H16N4O. The van der Waals surface area contributed by atoms with Crippen LogP contribution in [0.4, 0.5) is 0 Å². The molecule has 5 heteroatoms. The first kappa shape index (κ1) is 11.8. The van der Waals surface area contributed by atoms with Crippen molar-refractivity contribution in [1.29, 1.82) is 0 Å². The van der Waals surface area contributed by atoms with Crippen molar-refractivity contribution in [3.8, 4) is 11.4 Å². The van der Waals surface area contributed by atoms with Gasteiger partial charge in [-0.15, -0.1) is 0 Å². The van der Waals surface area contributed by atoms with E-state index in [0.29, 0.717) is 6.61 Å². The summed E-state index contributed by atoms with van der Waals surface area (Å²) in [5.74, 6) is 0. The average molecular weight is 232 g/mol. The molecule has 2 aromatic heterocycles. The van der Waals surface area contributed by atoms with Crippen molar-refractivity contribution < 1.29 is 4.74 Å². The lowest BCUT2D eigenvalue weighted by Crippen LogP contribution is -2.18. The molecule has 0 aromatic carbocycles. The van der Waals surface area contributed by atoms with Gasteiger partial charge in [0.2, 0.25) is 0 Å². The van der Waals surface area contributed by atoms with Crippen LogP contribution in [0.3, 0.4) is 0 Å². The highest BCUT2D eigenvalue weighted by atomic mass is 16.5. The lowest BCUT2D eigenvalue weighted by molar-refractivity contribution is 0.199. The van der Waals surface area contributed by atoms with Gasteiger partial charge in [-0.05, 0) is 12.1 Å². The fourth-order valence-corrected chi connectivity index (χ4v) is 1.57. The Hall–Kier alpha value is -1.72. The number of ether oxygens (including phenoxy) is 1. The maximum atomic E-state index is 4.98. The Morgan fingerprint density at radius 3 is 3.12 bits per heavy atom. The molecule has 0 saturated heterocycles. The number of H-pyrrole nitrogens is 1. The van der Waals surface area contributed by atoms with E-state index in [0.717, 1.165) is 30.0 Å². The molecule has 0 spiro atoms. The topological polar surface area (TPSA) is 62.8 Å². The van der Waals surface area contributed by atoms with Crippen molar-refractivity contribution in [2.45, 2.75) is 6.54 Å². The highest BCUT2D eigenvalue weighted by Crippen LogP contribution is 2.17. The Morgan fingerprint density at radius 2 is 2.35 bits per heavy atom. The molecule has 2 aromatic rings. The molecule has 0 amide bonds. The molecule has 0 atom stereocenters. The molecular weight excluding hydrogens is 216 g/mol. The summed E-state index contributed by atoms with van der Waals surface area (Å²) in [4.78, 5) is 4.30. The summed E-state index contributed by atoms with van der Waals surface area (Å²) in [6, 6.07) is 5.83. The van der Waals surface area contributed by atoms with E-state index in [9.17, 15) is 0 Å². The zero-order valence-electron chi connectivity index (χ0n) is 9.81. The normalized spacial score (nSPS) is 10.6. The first-order chi connectivity index (χ1) is 8.42. The molecule has 0 aliphatic carbocycles. The van der Waals surface area contributed by atoms with Crippen molar-refractivity contribution in [2.75, 3.05) is 20.3 Å². The first-order valence-electron chi connectivity index (χ1n) is 5.55. The molecule has 17 heavy (non-hydrogen) atoms. The Kier molecular flexibility index (Phi) is 4.23. The number of aromatic amines is 1. The second-order valence-electron chi connectivity index (χ2n) is 3.65. The summed E-state index contributed by atoms with van der Waals surface area (Å²) in [5, 5.41) is 10.3. The highest BCUT2D eigenvalue weighted by Gasteiger charge is 2.07. The van der Waals surface area contributed by atoms with E-state index in [2.05, 4.69) is 20.5 Å². The molecule has 2 N–H and O–H groups in total. The fraction of sp³-hybridized carbons (Fsp3) is 0.333. The van der Waals surface area contributed by atoms with Crippen LogP contribution in [-0.4, -0.2) is 35.4 Å². The van der Waals surface area contributed by atoms with E-state index in [1.807, 2.05) is 24.4 Å². The van der Waals surface area contributed by atoms with E-state index in [-0.39, 0.29) is 0 Å². The maximum absolute atomic E-state index is 4.98. The summed E-state index contributed by atoms with van der Waals surface area (Å²) in [6.45, 7) is 2.28. The summed E-state index contributed by atoms with van der Waals surface area (Å²) in [6.07, 6.45) is 3.60. The van der Waals surface area contributed by atoms with Gasteiger partial charge in [0.1, 0.15) is 0 Å². The molecule has 2 heterocycles. The summed E-state index contributed by atoms with van der Waals surface area (Å²) >= 11 is 0. The highest BCUT2D eigenvalue weighted by molar-refractivity contribution is 5.57. The molecule has 0 radical (unpaired) electrons. The van der Waals surface area contributed by atoms with Gasteiger partial charge in [0.05, 0.1) is 24.2 Å². The first-order valence-corrected chi connectivity index (χ1v) is 5.55. The monoisotopic (exact) mass is 232 g/mol. The van der Waals surface area contributed by atoms with Crippen LogP contribution >= 0.6 is 0 Å². The van der Waals surface area contributed by atoms with Gasteiger partial charge in [0, 0.05) is 32.0 Å². The number of nitrogens with zero attached hydrogens (tertiary/aromatic N) is 2. The predicted molar refractivity (Wildman–Crippen MR) is 65.4 cm³/mol. The summed E-state index contributed by atoms with van der Waals surface area (Å²) in [5.41, 5.74) is 2.99. The number of rotatable bonds is 6. The van der Waals surface area contributed by atoms with Crippen LogP contribution in [0.2, 0.25) is 0 Å². The lowest BCUT2D eigenvalue weighted by atomic mass is 10.2. The van der Waals surface area contributed by atoms with Gasteiger partial charge in [0.15, 0.2) is 0 Å². The molecule has 5 nitrogen and oxygen atoms in total. The van der Waals surface area contributed by atoms with Crippen LogP contribution in [-0.2, 0) is 11.3 Å². The molecule has 0 unspecified atom stereocenters. The molecule has 2 rings (SSSR count). The quantitative estimate of drug-likeness (QED) is 0.735. The Balaban J connectivity index is 2.02. The third-order valence-corrected chi connectivity index (χ3v) is 2.44. The van der Waals surface area contributed by atoms with Gasteiger partial charge >= 0.3 is 0 Å². The van der Waals surface area contributed by atoms with Crippen LogP contribution in [0.25, 0.3) is 11.4 Å². The second kappa shape index (κ2) is 6.12. The Bertz CT molecular complexity index is 441. The van der Waals surface area contributed by atoms with Crippen LogP contribution < -0.4 is 5.32 Å². The number of nitrogens with one attached hydrogen (secondary N) is 2. The van der Waals surface area contributed by atoms with Crippen LogP contribution in [0.5, 0.6) is 0 Å². The molecule has 0 aliphatic rings. The number of pyridine rings is 1. The van der Waals surface area contributed by atoms with Gasteiger partial charge in [-0.3, -0.25) is 10.1 Å². The number of hydrogen-bond donors (Lipinski definition) is 2. The standard InChI is InChI=1S/C12H16N4O/c1-17-7-6-13-8-10-9-15-16-12(10)11-4-2-3-5-14-11/h2-5,9,13H,6-8H2,1H3,(H,15,16). The predicted octanol–water partition coefficient (Wildman–Crippen LogP) is 1.21. The molecule has 0 saturated carbocycles. The van der Waals surface area contributed by atoms with Crippen molar-refractivity contribution >= 4 is 0 Å². The molecule has 90 valence electrons. The molecule has 0 aliphatic heterocycles. The minimum atomic E-state index is 0.705. The SMILES string of the molecule is COCCNCc1cn[nH]c1-c1ccccn1. The number of hydrogen-bond acceptors (Lipinski definition) is 4. The number of methoxy groups -OCH3 is 1. The minimum absolute atomic E-state index is 0.705. The van der Waals surface area contributed by atoms with Crippen LogP contribution in [0.15, 0.2) is 30.6 Å². The van der Waals surface area contributed by atoms with Gasteiger partial charge in [-0.25, -0.2) is 0 Å². The lowest BCUT2D eigenvalue weighted by Gasteiger charge is -2.04. The fourth-order valence-electron chi connectivity index (χ4n) is 1.57. The van der Waals surface area contributed by atoms with E-state index in [1.165, 1.54) is 0 Å². The molecule has 0 fully saturated rings. The third-order valence-electron chi connectivity index (χ3n) is 2.44. The van der Waals surface area contributed by atoms with Gasteiger partial charge in [-0.1, -0.05) is 6.07 Å². The second-order valence-corrected chi connectivity index (χ2v) is 3.65. The summed E-state index contributed by atoms with van der Waals surface area (Å²) in [7, 11) is 1.69. The van der Waals surface area contributed by atoms with Crippen molar-refractivity contribution in [3.05, 3.63) is 36.2 Å². The Labute approximate surface area is 100 Å². The van der Waals surface area contributed by atoms with Crippen molar-refractivity contribution in [1.82, 2.24) is 20.5 Å². The van der Waals surface area contributed by atoms with E-state index >= 15 is 0 Å². The Morgan fingerprint density at radius 1 is 1.41 bits per heavy atom. The van der Waals surface area contributed by atoms with E-state index in [4.69, 9.17) is 4.74 Å². The molecule has 0 bridgehead atoms. The zero-order valence-corrected chi connectivity index (χ0v) is 9.81. The smallest absolute Gasteiger partial charge is 0.0883 e. The largest absolute Gasteiger partial charge is 0.383 e. The summed E-state index contributed by atoms with van der Waals surface area (Å²) < 4.78 is 4.98. The van der Waals surface area contributed by atoms with Gasteiger partial charge < -0.3 is 10.1 Å². The maximum Gasteiger partial charge on any atom is 0.0883 e. The van der Waals surface area contributed by atoms with Crippen molar-refractivity contribution in [2.24, 2.45) is 0 Å². The third kappa shape index (κ3) is 3.12. The van der Waals surface area contributed by atoms with Crippen molar-refractivity contribution in [3.63, 3.8) is 0 Å². The van der Waals surface area contributed by atoms with Crippen LogP contribution in [0.1, 0.15) is 5.56 Å². The van der Waals surface area contributed by atoms with Gasteiger partial charge in [-0.2, -0.15) is 5.10 Å². The number of aromatic nitrogens is 3. The minimum Gasteiger partial charge on any atom is -0.383 e. The average Bonchev–Trinajstić information content (AvgIpc) is 2.84. The zero-order chi connectivity index (χ0) is 11.9. The van der Waals surface area contributed by atoms with Crippen LogP contribution in [0, 0.1) is 0 Å². The van der Waals surface area contributed by atoms with E-state index < -0.39 is 0 Å².